The van der Waals surface area contributed by atoms with E-state index in [-0.39, 0.29) is 5.56 Å². The second kappa shape index (κ2) is 4.99. The van der Waals surface area contributed by atoms with Gasteiger partial charge in [0.25, 0.3) is 0 Å². The molecule has 3 N–H and O–H groups in total. The van der Waals surface area contributed by atoms with Gasteiger partial charge in [0, 0.05) is 23.6 Å². The standard InChI is InChI=1S/C18H24N2O/c1-4-6-12-13-9-11(3)10-18(19,14(13)5-2)15-7-8-16(21)20-17(12)15/h5,7-9,12-13H,4,6,10,19H2,1-3H3,(H,20,21)/b14-5+. The third-order valence-electron chi connectivity index (χ3n) is 5.04. The lowest BCUT2D eigenvalue weighted by Gasteiger charge is -2.48. The van der Waals surface area contributed by atoms with Gasteiger partial charge in [0.15, 0.2) is 0 Å². The molecule has 1 aromatic heterocycles. The van der Waals surface area contributed by atoms with Crippen molar-refractivity contribution >= 4 is 0 Å². The van der Waals surface area contributed by atoms with Crippen molar-refractivity contribution in [3.63, 3.8) is 0 Å². The van der Waals surface area contributed by atoms with Crippen LogP contribution in [0.5, 0.6) is 0 Å². The van der Waals surface area contributed by atoms with Gasteiger partial charge in [-0.3, -0.25) is 4.79 Å². The molecular weight excluding hydrogens is 260 g/mol. The third kappa shape index (κ3) is 2.03. The van der Waals surface area contributed by atoms with E-state index in [0.717, 1.165) is 30.5 Å². The van der Waals surface area contributed by atoms with Gasteiger partial charge in [-0.2, -0.15) is 0 Å². The van der Waals surface area contributed by atoms with Crippen LogP contribution in [0.4, 0.5) is 0 Å². The summed E-state index contributed by atoms with van der Waals surface area (Å²) in [5.41, 5.74) is 11.2. The van der Waals surface area contributed by atoms with Gasteiger partial charge >= 0.3 is 0 Å². The van der Waals surface area contributed by atoms with E-state index in [4.69, 9.17) is 5.73 Å². The van der Waals surface area contributed by atoms with Gasteiger partial charge in [-0.1, -0.05) is 31.1 Å². The Hall–Kier alpha value is -1.61. The summed E-state index contributed by atoms with van der Waals surface area (Å²) in [6.07, 6.45) is 7.54. The van der Waals surface area contributed by atoms with Crippen molar-refractivity contribution in [2.24, 2.45) is 11.7 Å². The van der Waals surface area contributed by atoms with Crippen molar-refractivity contribution in [1.82, 2.24) is 4.98 Å². The molecule has 0 amide bonds. The topological polar surface area (TPSA) is 58.9 Å². The number of fused-ring (bicyclic) bond motifs is 4. The number of aromatic nitrogens is 1. The molecule has 2 bridgehead atoms. The number of rotatable bonds is 2. The van der Waals surface area contributed by atoms with E-state index in [9.17, 15) is 4.79 Å². The quantitative estimate of drug-likeness (QED) is 0.818. The monoisotopic (exact) mass is 284 g/mol. The minimum Gasteiger partial charge on any atom is -0.326 e. The molecule has 0 saturated carbocycles. The predicted octanol–water partition coefficient (Wildman–Crippen LogP) is 3.34. The van der Waals surface area contributed by atoms with Crippen LogP contribution in [0.1, 0.15) is 57.2 Å². The second-order valence-electron chi connectivity index (χ2n) is 6.48. The van der Waals surface area contributed by atoms with Gasteiger partial charge in [0.05, 0.1) is 5.54 Å². The molecule has 0 spiro atoms. The van der Waals surface area contributed by atoms with Crippen LogP contribution in [-0.2, 0) is 5.54 Å². The Balaban J connectivity index is 2.30. The molecule has 3 rings (SSSR count). The normalized spacial score (nSPS) is 32.8. The zero-order valence-corrected chi connectivity index (χ0v) is 13.1. The van der Waals surface area contributed by atoms with E-state index in [1.54, 1.807) is 6.07 Å². The Morgan fingerprint density at radius 3 is 2.90 bits per heavy atom. The molecule has 0 fully saturated rings. The third-order valence-corrected chi connectivity index (χ3v) is 5.04. The first-order chi connectivity index (χ1) is 10.0. The number of allylic oxidation sites excluding steroid dienone is 2. The highest BCUT2D eigenvalue weighted by Crippen LogP contribution is 2.53. The van der Waals surface area contributed by atoms with Gasteiger partial charge in [-0.05, 0) is 43.9 Å². The summed E-state index contributed by atoms with van der Waals surface area (Å²) in [4.78, 5) is 14.9. The highest BCUT2D eigenvalue weighted by atomic mass is 16.1. The first kappa shape index (κ1) is 14.3. The molecule has 1 heterocycles. The lowest BCUT2D eigenvalue weighted by molar-refractivity contribution is 0.353. The molecular formula is C18H24N2O. The molecule has 2 aliphatic rings. The average Bonchev–Trinajstić information content (AvgIpc) is 2.42. The summed E-state index contributed by atoms with van der Waals surface area (Å²) < 4.78 is 0. The van der Waals surface area contributed by atoms with Crippen LogP contribution >= 0.6 is 0 Å². The number of pyridine rings is 1. The number of aromatic amines is 1. The lowest BCUT2D eigenvalue weighted by Crippen LogP contribution is -2.49. The van der Waals surface area contributed by atoms with E-state index in [2.05, 4.69) is 37.9 Å². The van der Waals surface area contributed by atoms with Gasteiger partial charge < -0.3 is 10.7 Å². The Morgan fingerprint density at radius 2 is 2.24 bits per heavy atom. The van der Waals surface area contributed by atoms with Crippen molar-refractivity contribution in [3.05, 3.63) is 57.0 Å². The molecule has 3 unspecified atom stereocenters. The van der Waals surface area contributed by atoms with E-state index in [0.29, 0.717) is 11.8 Å². The summed E-state index contributed by atoms with van der Waals surface area (Å²) in [7, 11) is 0. The van der Waals surface area contributed by atoms with Gasteiger partial charge in [-0.25, -0.2) is 0 Å². The van der Waals surface area contributed by atoms with Gasteiger partial charge in [0.1, 0.15) is 0 Å². The maximum absolute atomic E-state index is 11.8. The molecule has 1 aromatic rings. The second-order valence-corrected chi connectivity index (χ2v) is 6.48. The minimum absolute atomic E-state index is 0.0267. The largest absolute Gasteiger partial charge is 0.326 e. The number of nitrogens with two attached hydrogens (primary N) is 1. The minimum atomic E-state index is -0.456. The average molecular weight is 284 g/mol. The van der Waals surface area contributed by atoms with Crippen LogP contribution in [0.2, 0.25) is 0 Å². The van der Waals surface area contributed by atoms with Crippen LogP contribution in [0.15, 0.2) is 40.2 Å². The van der Waals surface area contributed by atoms with Crippen molar-refractivity contribution in [1.29, 1.82) is 0 Å². The van der Waals surface area contributed by atoms with E-state index in [1.165, 1.54) is 11.1 Å². The molecule has 2 aliphatic carbocycles. The molecule has 0 aliphatic heterocycles. The fourth-order valence-electron chi connectivity index (χ4n) is 4.31. The molecule has 3 heteroatoms. The summed E-state index contributed by atoms with van der Waals surface area (Å²) in [6, 6.07) is 3.55. The number of H-pyrrole nitrogens is 1. The van der Waals surface area contributed by atoms with Crippen LogP contribution in [-0.4, -0.2) is 4.98 Å². The summed E-state index contributed by atoms with van der Waals surface area (Å²) in [5.74, 6) is 0.649. The highest BCUT2D eigenvalue weighted by Gasteiger charge is 2.47. The van der Waals surface area contributed by atoms with Crippen molar-refractivity contribution in [3.8, 4) is 0 Å². The van der Waals surface area contributed by atoms with Crippen molar-refractivity contribution in [2.45, 2.75) is 51.5 Å². The smallest absolute Gasteiger partial charge is 0.248 e. The summed E-state index contributed by atoms with van der Waals surface area (Å²) >= 11 is 0. The van der Waals surface area contributed by atoms with Crippen LogP contribution < -0.4 is 11.3 Å². The van der Waals surface area contributed by atoms with Crippen molar-refractivity contribution < 1.29 is 0 Å². The number of nitrogens with one attached hydrogen (secondary N) is 1. The Kier molecular flexibility index (Phi) is 3.40. The first-order valence-electron chi connectivity index (χ1n) is 7.87. The zero-order chi connectivity index (χ0) is 15.2. The molecule has 21 heavy (non-hydrogen) atoms. The maximum Gasteiger partial charge on any atom is 0.248 e. The summed E-state index contributed by atoms with van der Waals surface area (Å²) in [5, 5.41) is 0. The molecule has 112 valence electrons. The van der Waals surface area contributed by atoms with E-state index in [1.807, 2.05) is 6.07 Å². The molecule has 3 atom stereocenters. The molecule has 0 radical (unpaired) electrons. The van der Waals surface area contributed by atoms with Gasteiger partial charge in [-0.15, -0.1) is 0 Å². The van der Waals surface area contributed by atoms with Crippen LogP contribution in [0.25, 0.3) is 0 Å². The first-order valence-corrected chi connectivity index (χ1v) is 7.87. The Morgan fingerprint density at radius 1 is 1.48 bits per heavy atom. The van der Waals surface area contributed by atoms with Crippen molar-refractivity contribution in [2.75, 3.05) is 0 Å². The SMILES string of the molecule is C/C=C1\C2C=C(C)CC1(N)c1ccc(=O)[nH]c1C2CCC. The predicted molar refractivity (Wildman–Crippen MR) is 86.2 cm³/mol. The molecule has 3 nitrogen and oxygen atoms in total. The summed E-state index contributed by atoms with van der Waals surface area (Å²) in [6.45, 7) is 6.44. The Labute approximate surface area is 126 Å². The van der Waals surface area contributed by atoms with E-state index >= 15 is 0 Å². The lowest BCUT2D eigenvalue weighted by atomic mass is 9.59. The number of hydrogen-bond acceptors (Lipinski definition) is 2. The maximum atomic E-state index is 11.8. The van der Waals surface area contributed by atoms with Crippen LogP contribution in [0, 0.1) is 5.92 Å². The van der Waals surface area contributed by atoms with Gasteiger partial charge in [0.2, 0.25) is 5.56 Å². The fourth-order valence-corrected chi connectivity index (χ4v) is 4.31. The zero-order valence-electron chi connectivity index (χ0n) is 13.1. The molecule has 0 saturated heterocycles. The molecule has 0 aromatic carbocycles. The highest BCUT2D eigenvalue weighted by molar-refractivity contribution is 5.51. The Bertz CT molecular complexity index is 683. The van der Waals surface area contributed by atoms with Crippen LogP contribution in [0.3, 0.4) is 0 Å². The van der Waals surface area contributed by atoms with E-state index < -0.39 is 5.54 Å². The fraction of sp³-hybridized carbons (Fsp3) is 0.500. The number of hydrogen-bond donors (Lipinski definition) is 2.